The largest absolute Gasteiger partial charge is 0.462 e. The van der Waals surface area contributed by atoms with Gasteiger partial charge in [0.15, 0.2) is 24.1 Å². The van der Waals surface area contributed by atoms with Gasteiger partial charge in [0.2, 0.25) is 12.6 Å². The van der Waals surface area contributed by atoms with Crippen molar-refractivity contribution in [3.63, 3.8) is 0 Å². The number of ether oxygens (including phenoxy) is 8. The Labute approximate surface area is 395 Å². The predicted octanol–water partition coefficient (Wildman–Crippen LogP) is -4.16. The van der Waals surface area contributed by atoms with Crippen molar-refractivity contribution in [3.05, 3.63) is 70.8 Å². The highest BCUT2D eigenvalue weighted by atomic mass is 16.8. The Balaban J connectivity index is 1.04. The molecule has 4 fully saturated rings. The molecule has 0 aliphatic carbocycles. The van der Waals surface area contributed by atoms with Gasteiger partial charge in [-0.3, -0.25) is 9.59 Å². The highest BCUT2D eigenvalue weighted by Gasteiger charge is 2.54. The third-order valence-electron chi connectivity index (χ3n) is 12.5. The van der Waals surface area contributed by atoms with Crippen LogP contribution in [0.1, 0.15) is 35.6 Å². The van der Waals surface area contributed by atoms with Gasteiger partial charge >= 0.3 is 0 Å². The van der Waals surface area contributed by atoms with Gasteiger partial charge in [0, 0.05) is 5.92 Å². The Hall–Kier alpha value is -3.90. The molecule has 0 amide bonds. The number of hydrogen-bond donors (Lipinski definition) is 13. The molecule has 2 aromatic carbocycles. The first-order chi connectivity index (χ1) is 32.8. The van der Waals surface area contributed by atoms with E-state index in [9.17, 15) is 76.0 Å². The molecular weight excluding hydrogens is 920 g/mol. The fourth-order valence-corrected chi connectivity index (χ4v) is 8.23. The smallest absolute Gasteiger partial charge is 0.229 e. The summed E-state index contributed by atoms with van der Waals surface area (Å²) in [6.45, 7) is 1.92. The molecule has 384 valence electrons. The van der Waals surface area contributed by atoms with Crippen LogP contribution in [0.5, 0.6) is 11.5 Å². The first-order valence-corrected chi connectivity index (χ1v) is 22.3. The zero-order chi connectivity index (χ0) is 50.4. The molecule has 13 N–H and O–H groups in total. The van der Waals surface area contributed by atoms with Crippen LogP contribution in [0.25, 0.3) is 12.2 Å². The van der Waals surface area contributed by atoms with E-state index < -0.39 is 167 Å². The van der Waals surface area contributed by atoms with Crippen molar-refractivity contribution in [1.82, 2.24) is 0 Å². The van der Waals surface area contributed by atoms with E-state index in [1.807, 2.05) is 0 Å². The van der Waals surface area contributed by atoms with E-state index in [2.05, 4.69) is 0 Å². The van der Waals surface area contributed by atoms with E-state index in [-0.39, 0.29) is 11.5 Å². The van der Waals surface area contributed by atoms with Gasteiger partial charge in [-0.1, -0.05) is 31.2 Å². The van der Waals surface area contributed by atoms with Gasteiger partial charge in [-0.2, -0.15) is 0 Å². The maximum Gasteiger partial charge on any atom is 0.229 e. The molecule has 0 bridgehead atoms. The lowest BCUT2D eigenvalue weighted by atomic mass is 9.90. The Bertz CT molecular complexity index is 2080. The summed E-state index contributed by atoms with van der Waals surface area (Å²) in [4.78, 5) is 25.4. The molecule has 4 aliphatic heterocycles. The van der Waals surface area contributed by atoms with Gasteiger partial charge in [0.25, 0.3) is 0 Å². The van der Waals surface area contributed by atoms with Gasteiger partial charge in [0.05, 0.1) is 39.0 Å². The van der Waals surface area contributed by atoms with Crippen molar-refractivity contribution in [1.29, 1.82) is 0 Å². The van der Waals surface area contributed by atoms with Crippen LogP contribution in [0, 0.1) is 19.8 Å². The van der Waals surface area contributed by atoms with E-state index in [0.717, 1.165) is 0 Å². The molecule has 4 heterocycles. The molecule has 23 heteroatoms. The van der Waals surface area contributed by atoms with Crippen LogP contribution < -0.4 is 9.47 Å². The quantitative estimate of drug-likeness (QED) is 0.0498. The summed E-state index contributed by atoms with van der Waals surface area (Å²) in [5.41, 5.74) is 2.15. The first-order valence-electron chi connectivity index (χ1n) is 22.3. The van der Waals surface area contributed by atoms with Crippen LogP contribution in [0.3, 0.4) is 0 Å². The molecule has 4 aliphatic rings. The number of rotatable bonds is 18. The lowest BCUT2D eigenvalue weighted by Crippen LogP contribution is -2.66. The fourth-order valence-electron chi connectivity index (χ4n) is 8.23. The minimum atomic E-state index is -1.93. The average Bonchev–Trinajstić information content (AvgIpc) is 3.33. The Morgan fingerprint density at radius 3 is 1.30 bits per heavy atom. The van der Waals surface area contributed by atoms with E-state index in [0.29, 0.717) is 22.3 Å². The molecule has 0 unspecified atom stereocenters. The van der Waals surface area contributed by atoms with Crippen LogP contribution in [0.2, 0.25) is 0 Å². The van der Waals surface area contributed by atoms with Crippen LogP contribution in [-0.2, 0) is 38.0 Å². The maximum absolute atomic E-state index is 12.7. The second kappa shape index (κ2) is 24.0. The summed E-state index contributed by atoms with van der Waals surface area (Å²) in [6, 6.07) is 9.49. The third-order valence-corrected chi connectivity index (χ3v) is 12.5. The summed E-state index contributed by atoms with van der Waals surface area (Å²) in [5, 5.41) is 135. The van der Waals surface area contributed by atoms with Crippen molar-refractivity contribution in [2.75, 3.05) is 26.4 Å². The van der Waals surface area contributed by atoms with Gasteiger partial charge in [0.1, 0.15) is 97.0 Å². The van der Waals surface area contributed by atoms with Gasteiger partial charge in [-0.25, -0.2) is 0 Å². The summed E-state index contributed by atoms with van der Waals surface area (Å²) in [7, 11) is 0. The molecule has 20 atom stereocenters. The van der Waals surface area contributed by atoms with Gasteiger partial charge in [-0.15, -0.1) is 0 Å². The molecule has 4 saturated heterocycles. The SMILES string of the molecule is Cc1cc(/C=C/C(=O)CC(=O)/C=C/c2ccc(O[C@@H]3O[C@H](CO)[C@@H](O)[C@H](O[C@@H]4O[C@H](CO)[C@@H](O)[C@H](O[C@@H]5O[C@H](CO)[C@@H](O)[C@H](C)[C@H]5O)[C@H]4O)[C@H]3O)c(C)c2)ccc1O[C@@H]1O[C@H](CO)[C@@H](O)[C@H](O)[C@H]1O. The van der Waals surface area contributed by atoms with E-state index in [1.165, 1.54) is 37.3 Å². The van der Waals surface area contributed by atoms with Crippen molar-refractivity contribution in [2.24, 2.45) is 5.92 Å². The van der Waals surface area contributed by atoms with Crippen LogP contribution in [-0.4, -0.2) is 221 Å². The Morgan fingerprint density at radius 1 is 0.493 bits per heavy atom. The lowest BCUT2D eigenvalue weighted by Gasteiger charge is -2.48. The zero-order valence-corrected chi connectivity index (χ0v) is 37.8. The second-order valence-corrected chi connectivity index (χ2v) is 17.4. The number of aliphatic hydroxyl groups is 13. The molecule has 2 aromatic rings. The van der Waals surface area contributed by atoms with E-state index >= 15 is 0 Å². The number of ketones is 2. The van der Waals surface area contributed by atoms with Crippen LogP contribution >= 0.6 is 0 Å². The third kappa shape index (κ3) is 12.6. The summed E-state index contributed by atoms with van der Waals surface area (Å²) in [6.07, 6.45) is -24.8. The zero-order valence-electron chi connectivity index (χ0n) is 37.8. The normalized spacial score (nSPS) is 38.6. The number of hydrogen-bond acceptors (Lipinski definition) is 23. The number of carbonyl (C=O) groups excluding carboxylic acids is 2. The average molecular weight is 983 g/mol. The second-order valence-electron chi connectivity index (χ2n) is 17.4. The number of benzene rings is 2. The minimum Gasteiger partial charge on any atom is -0.462 e. The number of carbonyl (C=O) groups is 2. The van der Waals surface area contributed by atoms with Crippen LogP contribution in [0.4, 0.5) is 0 Å². The van der Waals surface area contributed by atoms with Crippen LogP contribution in [0.15, 0.2) is 48.6 Å². The molecule has 69 heavy (non-hydrogen) atoms. The Kier molecular flexibility index (Phi) is 18.9. The van der Waals surface area contributed by atoms with Crippen molar-refractivity contribution in [3.8, 4) is 11.5 Å². The van der Waals surface area contributed by atoms with E-state index in [1.54, 1.807) is 44.2 Å². The summed E-state index contributed by atoms with van der Waals surface area (Å²) < 4.78 is 45.4. The van der Waals surface area contributed by atoms with Gasteiger partial charge in [-0.05, 0) is 72.5 Å². The molecule has 0 saturated carbocycles. The minimum absolute atomic E-state index is 0.163. The number of allylic oxidation sites excluding steroid dienone is 2. The Morgan fingerprint density at radius 2 is 0.870 bits per heavy atom. The summed E-state index contributed by atoms with van der Waals surface area (Å²) >= 11 is 0. The topological polar surface area (TPSA) is 371 Å². The standard InChI is InChI=1S/C46H62O23/c1-19-12-22(6-10-26(19)62-44-38(59)37(58)34(55)29(16-48)65-44)4-8-24(51)14-25(52)9-5-23-7-11-27(20(2)13-23)63-45-39(60)41(35(56)30(17-49)66-45)69-46-40(61)42(36(57)31(18-50)67-46)68-43-33(54)21(3)32(53)28(15-47)64-43/h4-13,21,28-50,53-61H,14-18H2,1-3H3/b8-4+,9-5+/t21-,28+,29+,30+,31+,32-,33+,34+,35+,36+,37-,38+,39+,40+,41-,42-,43-,44+,45+,46-/m0/s1. The molecule has 6 rings (SSSR count). The molecular formula is C46H62O23. The maximum atomic E-state index is 12.7. The molecule has 0 spiro atoms. The summed E-state index contributed by atoms with van der Waals surface area (Å²) in [5.74, 6) is -1.44. The predicted molar refractivity (Wildman–Crippen MR) is 232 cm³/mol. The number of aliphatic hydroxyl groups excluding tert-OH is 13. The molecule has 0 aromatic heterocycles. The molecule has 0 radical (unpaired) electrons. The monoisotopic (exact) mass is 982 g/mol. The number of aryl methyl sites for hydroxylation is 2. The highest BCUT2D eigenvalue weighted by Crippen LogP contribution is 2.35. The van der Waals surface area contributed by atoms with Crippen molar-refractivity contribution in [2.45, 2.75) is 144 Å². The lowest BCUT2D eigenvalue weighted by molar-refractivity contribution is -0.376. The highest BCUT2D eigenvalue weighted by molar-refractivity contribution is 6.10. The first kappa shape index (κ1) is 54.4. The molecule has 23 nitrogen and oxygen atoms in total. The van der Waals surface area contributed by atoms with Gasteiger partial charge < -0.3 is 104 Å². The van der Waals surface area contributed by atoms with E-state index in [4.69, 9.17) is 37.9 Å². The fraction of sp³-hybridized carbons (Fsp3) is 0.609. The van der Waals surface area contributed by atoms with Crippen molar-refractivity contribution < 1.29 is 114 Å². The van der Waals surface area contributed by atoms with Crippen molar-refractivity contribution >= 4 is 23.7 Å².